The maximum absolute atomic E-state index is 12.8. The van der Waals surface area contributed by atoms with E-state index in [0.29, 0.717) is 53.6 Å². The van der Waals surface area contributed by atoms with Crippen LogP contribution in [0.2, 0.25) is 0 Å². The number of ketones is 2. The summed E-state index contributed by atoms with van der Waals surface area (Å²) in [6, 6.07) is 3.32. The van der Waals surface area contributed by atoms with E-state index in [1.165, 1.54) is 13.4 Å². The van der Waals surface area contributed by atoms with Crippen molar-refractivity contribution in [3.8, 4) is 11.3 Å². The summed E-state index contributed by atoms with van der Waals surface area (Å²) >= 11 is 0. The lowest BCUT2D eigenvalue weighted by molar-refractivity contribution is -0.150. The smallest absolute Gasteiger partial charge is 0.323 e. The number of benzene rings is 1. The number of methoxy groups -OCH3 is 1. The van der Waals surface area contributed by atoms with Gasteiger partial charge in [-0.05, 0) is 42.9 Å². The molecule has 0 saturated carbocycles. The van der Waals surface area contributed by atoms with E-state index in [1.54, 1.807) is 19.1 Å². The van der Waals surface area contributed by atoms with E-state index in [1.807, 2.05) is 0 Å². The SMILES string of the molecule is COC(=O)[C@@]1(C=O)CCCc2c1ccc1c2C(=O)C(=O)c2c(C)coc2-1. The highest BCUT2D eigenvalue weighted by Crippen LogP contribution is 2.44. The van der Waals surface area contributed by atoms with Gasteiger partial charge in [0.2, 0.25) is 11.6 Å². The Hall–Kier alpha value is -3.02. The fraction of sp³-hybridized carbons (Fsp3) is 0.300. The number of carbonyl (C=O) groups is 4. The third-order valence-corrected chi connectivity index (χ3v) is 5.42. The molecule has 0 fully saturated rings. The zero-order chi connectivity index (χ0) is 18.6. The summed E-state index contributed by atoms with van der Waals surface area (Å²) < 4.78 is 10.4. The average Bonchev–Trinajstić information content (AvgIpc) is 3.05. The van der Waals surface area contributed by atoms with E-state index < -0.39 is 23.0 Å². The molecule has 2 aliphatic carbocycles. The van der Waals surface area contributed by atoms with Crippen LogP contribution in [0.4, 0.5) is 0 Å². The van der Waals surface area contributed by atoms with Crippen molar-refractivity contribution in [3.05, 3.63) is 46.2 Å². The molecule has 0 unspecified atom stereocenters. The molecule has 132 valence electrons. The summed E-state index contributed by atoms with van der Waals surface area (Å²) in [6.07, 6.45) is 3.37. The van der Waals surface area contributed by atoms with Crippen molar-refractivity contribution in [1.29, 1.82) is 0 Å². The zero-order valence-electron chi connectivity index (χ0n) is 14.4. The topological polar surface area (TPSA) is 90.7 Å². The maximum Gasteiger partial charge on any atom is 0.323 e. The number of fused-ring (bicyclic) bond motifs is 5. The number of hydrogen-bond donors (Lipinski definition) is 0. The molecular weight excluding hydrogens is 336 g/mol. The number of furan rings is 1. The first-order valence-electron chi connectivity index (χ1n) is 8.35. The van der Waals surface area contributed by atoms with Crippen LogP contribution in [0, 0.1) is 6.92 Å². The molecule has 0 radical (unpaired) electrons. The highest BCUT2D eigenvalue weighted by Gasteiger charge is 2.47. The van der Waals surface area contributed by atoms with Crippen molar-refractivity contribution in [2.45, 2.75) is 31.6 Å². The van der Waals surface area contributed by atoms with Crippen LogP contribution in [0.1, 0.15) is 50.2 Å². The molecule has 2 aliphatic rings. The lowest BCUT2D eigenvalue weighted by Crippen LogP contribution is -2.42. The molecular formula is C20H16O6. The number of hydrogen-bond acceptors (Lipinski definition) is 6. The Balaban J connectivity index is 2.04. The zero-order valence-corrected chi connectivity index (χ0v) is 14.4. The van der Waals surface area contributed by atoms with E-state index >= 15 is 0 Å². The van der Waals surface area contributed by atoms with Gasteiger partial charge >= 0.3 is 5.97 Å². The number of aryl methyl sites for hydroxylation is 1. The molecule has 0 spiro atoms. The van der Waals surface area contributed by atoms with Gasteiger partial charge in [-0.1, -0.05) is 12.1 Å². The molecule has 1 aromatic carbocycles. The van der Waals surface area contributed by atoms with Gasteiger partial charge in [-0.15, -0.1) is 0 Å². The van der Waals surface area contributed by atoms with E-state index in [4.69, 9.17) is 9.15 Å². The van der Waals surface area contributed by atoms with E-state index in [9.17, 15) is 19.2 Å². The van der Waals surface area contributed by atoms with Crippen LogP contribution in [0.5, 0.6) is 0 Å². The van der Waals surface area contributed by atoms with E-state index in [-0.39, 0.29) is 11.1 Å². The van der Waals surface area contributed by atoms with Crippen molar-refractivity contribution in [3.63, 3.8) is 0 Å². The third kappa shape index (κ3) is 1.87. The van der Waals surface area contributed by atoms with Crippen LogP contribution in [-0.2, 0) is 26.2 Å². The Bertz CT molecular complexity index is 996. The van der Waals surface area contributed by atoms with Crippen molar-refractivity contribution in [2.75, 3.05) is 7.11 Å². The second-order valence-corrected chi connectivity index (χ2v) is 6.73. The first-order chi connectivity index (χ1) is 12.5. The van der Waals surface area contributed by atoms with Gasteiger partial charge in [-0.3, -0.25) is 14.4 Å². The van der Waals surface area contributed by atoms with Gasteiger partial charge in [0, 0.05) is 11.1 Å². The molecule has 0 saturated heterocycles. The van der Waals surface area contributed by atoms with Crippen LogP contribution < -0.4 is 0 Å². The first kappa shape index (κ1) is 16.4. The largest absolute Gasteiger partial charge is 0.468 e. The number of carbonyl (C=O) groups excluding carboxylic acids is 4. The van der Waals surface area contributed by atoms with Crippen molar-refractivity contribution < 1.29 is 28.3 Å². The summed E-state index contributed by atoms with van der Waals surface area (Å²) in [5.74, 6) is -1.53. The van der Waals surface area contributed by atoms with Crippen LogP contribution in [-0.4, -0.2) is 30.9 Å². The Morgan fingerprint density at radius 3 is 2.65 bits per heavy atom. The van der Waals surface area contributed by atoms with Gasteiger partial charge in [0.05, 0.1) is 18.9 Å². The maximum atomic E-state index is 12.8. The molecule has 1 heterocycles. The minimum absolute atomic E-state index is 0.240. The normalized spacial score (nSPS) is 20.8. The molecule has 0 bridgehead atoms. The van der Waals surface area contributed by atoms with Gasteiger partial charge in [0.15, 0.2) is 0 Å². The molecule has 0 N–H and O–H groups in total. The van der Waals surface area contributed by atoms with Crippen LogP contribution in [0.15, 0.2) is 22.8 Å². The van der Waals surface area contributed by atoms with Gasteiger partial charge < -0.3 is 13.9 Å². The second kappa shape index (κ2) is 5.49. The predicted octanol–water partition coefficient (Wildman–Crippen LogP) is 2.58. The van der Waals surface area contributed by atoms with Crippen LogP contribution in [0.3, 0.4) is 0 Å². The number of Topliss-reactive ketones (excluding diaryl/α,β-unsaturated/α-hetero) is 2. The molecule has 0 aliphatic heterocycles. The average molecular weight is 352 g/mol. The molecule has 2 aromatic rings. The van der Waals surface area contributed by atoms with Gasteiger partial charge in [-0.25, -0.2) is 0 Å². The summed E-state index contributed by atoms with van der Waals surface area (Å²) in [4.78, 5) is 49.7. The Labute approximate surface area is 149 Å². The summed E-state index contributed by atoms with van der Waals surface area (Å²) in [7, 11) is 1.23. The molecule has 6 heteroatoms. The molecule has 1 atom stereocenters. The van der Waals surface area contributed by atoms with Crippen LogP contribution >= 0.6 is 0 Å². The van der Waals surface area contributed by atoms with Crippen LogP contribution in [0.25, 0.3) is 11.3 Å². The summed E-state index contributed by atoms with van der Waals surface area (Å²) in [5.41, 5.74) is 1.22. The van der Waals surface area contributed by atoms with Crippen molar-refractivity contribution >= 4 is 23.8 Å². The van der Waals surface area contributed by atoms with Gasteiger partial charge in [0.25, 0.3) is 0 Å². The van der Waals surface area contributed by atoms with E-state index in [2.05, 4.69) is 0 Å². The molecule has 26 heavy (non-hydrogen) atoms. The Kier molecular flexibility index (Phi) is 3.47. The fourth-order valence-corrected chi connectivity index (χ4v) is 4.17. The highest BCUT2D eigenvalue weighted by molar-refractivity contribution is 6.53. The molecule has 0 amide bonds. The standard InChI is InChI=1S/C20H16O6/c1-10-8-26-18-12-5-6-13-11(15(12)17(23)16(22)14(10)18)4-3-7-20(13,9-21)19(24)25-2/h5-6,8-9H,3-4,7H2,1-2H3/t20-/m1/s1. The minimum atomic E-state index is -1.44. The number of esters is 1. The molecule has 1 aromatic heterocycles. The lowest BCUT2D eigenvalue weighted by Gasteiger charge is -2.34. The lowest BCUT2D eigenvalue weighted by atomic mass is 9.67. The first-order valence-corrected chi connectivity index (χ1v) is 8.35. The predicted molar refractivity (Wildman–Crippen MR) is 90.2 cm³/mol. The quantitative estimate of drug-likeness (QED) is 0.357. The highest BCUT2D eigenvalue weighted by atomic mass is 16.5. The number of rotatable bonds is 2. The van der Waals surface area contributed by atoms with Gasteiger partial charge in [0.1, 0.15) is 17.5 Å². The Morgan fingerprint density at radius 2 is 1.96 bits per heavy atom. The molecule has 6 nitrogen and oxygen atoms in total. The third-order valence-electron chi connectivity index (χ3n) is 5.42. The van der Waals surface area contributed by atoms with Crippen molar-refractivity contribution in [1.82, 2.24) is 0 Å². The summed E-state index contributed by atoms with van der Waals surface area (Å²) in [5, 5.41) is 0. The second-order valence-electron chi connectivity index (χ2n) is 6.73. The minimum Gasteiger partial charge on any atom is -0.468 e. The monoisotopic (exact) mass is 352 g/mol. The Morgan fingerprint density at radius 1 is 1.23 bits per heavy atom. The fourth-order valence-electron chi connectivity index (χ4n) is 4.17. The van der Waals surface area contributed by atoms with Crippen molar-refractivity contribution in [2.24, 2.45) is 0 Å². The summed E-state index contributed by atoms with van der Waals surface area (Å²) in [6.45, 7) is 1.71. The van der Waals surface area contributed by atoms with E-state index in [0.717, 1.165) is 0 Å². The molecule has 4 rings (SSSR count). The van der Waals surface area contributed by atoms with Gasteiger partial charge in [-0.2, -0.15) is 0 Å². The number of ether oxygens (including phenoxy) is 1. The number of aldehydes is 1.